The van der Waals surface area contributed by atoms with Crippen LogP contribution in [0.2, 0.25) is 0 Å². The zero-order chi connectivity index (χ0) is 16.4. The standard InChI is InChI=1S/C19H15N3OS/c1-23-20-12-13-7-8-16-17(10-13)22-19(21-16)15-5-2-4-14(11-15)18-6-3-9-24-18/h2-12H,1H3,(H,21,22). The fraction of sp³-hybridized carbons (Fsp3) is 0.0526. The summed E-state index contributed by atoms with van der Waals surface area (Å²) in [6.45, 7) is 0. The fourth-order valence-corrected chi connectivity index (χ4v) is 3.34. The largest absolute Gasteiger partial charge is 0.399 e. The number of imidazole rings is 1. The van der Waals surface area contributed by atoms with E-state index in [1.165, 1.54) is 17.6 Å². The molecule has 0 saturated carbocycles. The van der Waals surface area contributed by atoms with Crippen LogP contribution in [-0.4, -0.2) is 23.3 Å². The van der Waals surface area contributed by atoms with Crippen LogP contribution in [0.25, 0.3) is 32.9 Å². The lowest BCUT2D eigenvalue weighted by molar-refractivity contribution is 0.215. The van der Waals surface area contributed by atoms with Crippen LogP contribution in [0.15, 0.2) is 65.1 Å². The van der Waals surface area contributed by atoms with E-state index < -0.39 is 0 Å². The van der Waals surface area contributed by atoms with Gasteiger partial charge in [-0.1, -0.05) is 35.5 Å². The third-order valence-corrected chi connectivity index (χ3v) is 4.67. The van der Waals surface area contributed by atoms with Gasteiger partial charge >= 0.3 is 0 Å². The van der Waals surface area contributed by atoms with Crippen LogP contribution in [0, 0.1) is 0 Å². The maximum atomic E-state index is 4.73. The van der Waals surface area contributed by atoms with Crippen LogP contribution in [-0.2, 0) is 4.84 Å². The van der Waals surface area contributed by atoms with Gasteiger partial charge in [0.25, 0.3) is 0 Å². The Bertz CT molecular complexity index is 1000. The number of hydrogen-bond acceptors (Lipinski definition) is 4. The summed E-state index contributed by atoms with van der Waals surface area (Å²) in [5.41, 5.74) is 5.15. The number of hydrogen-bond donors (Lipinski definition) is 1. The second-order valence-corrected chi connectivity index (χ2v) is 6.28. The van der Waals surface area contributed by atoms with Crippen molar-refractivity contribution in [1.82, 2.24) is 9.97 Å². The summed E-state index contributed by atoms with van der Waals surface area (Å²) in [4.78, 5) is 14.1. The van der Waals surface area contributed by atoms with E-state index in [2.05, 4.69) is 51.9 Å². The van der Waals surface area contributed by atoms with Crippen LogP contribution >= 0.6 is 11.3 Å². The number of oxime groups is 1. The quantitative estimate of drug-likeness (QED) is 0.425. The van der Waals surface area contributed by atoms with E-state index in [-0.39, 0.29) is 0 Å². The van der Waals surface area contributed by atoms with Gasteiger partial charge in [0, 0.05) is 10.4 Å². The van der Waals surface area contributed by atoms with Gasteiger partial charge in [0.05, 0.1) is 17.2 Å². The predicted molar refractivity (Wildman–Crippen MR) is 99.4 cm³/mol. The molecule has 0 atom stereocenters. The maximum Gasteiger partial charge on any atom is 0.138 e. The van der Waals surface area contributed by atoms with Gasteiger partial charge in [-0.25, -0.2) is 4.98 Å². The number of nitrogens with one attached hydrogen (secondary N) is 1. The Balaban J connectivity index is 1.74. The number of benzene rings is 2. The number of H-pyrrole nitrogens is 1. The number of aromatic amines is 1. The molecule has 0 radical (unpaired) electrons. The van der Waals surface area contributed by atoms with E-state index in [0.29, 0.717) is 0 Å². The van der Waals surface area contributed by atoms with Gasteiger partial charge in [0.2, 0.25) is 0 Å². The van der Waals surface area contributed by atoms with Crippen molar-refractivity contribution in [3.63, 3.8) is 0 Å². The van der Waals surface area contributed by atoms with E-state index in [1.54, 1.807) is 17.6 Å². The van der Waals surface area contributed by atoms with Crippen molar-refractivity contribution in [2.24, 2.45) is 5.16 Å². The third-order valence-electron chi connectivity index (χ3n) is 3.75. The molecule has 0 saturated heterocycles. The van der Waals surface area contributed by atoms with E-state index in [9.17, 15) is 0 Å². The molecule has 2 aromatic heterocycles. The molecule has 1 N–H and O–H groups in total. The second-order valence-electron chi connectivity index (χ2n) is 5.34. The van der Waals surface area contributed by atoms with Crippen LogP contribution in [0.4, 0.5) is 0 Å². The highest BCUT2D eigenvalue weighted by Crippen LogP contribution is 2.29. The van der Waals surface area contributed by atoms with E-state index >= 15 is 0 Å². The molecule has 4 rings (SSSR count). The average molecular weight is 333 g/mol. The Morgan fingerprint density at radius 3 is 2.83 bits per heavy atom. The maximum absolute atomic E-state index is 4.73. The minimum atomic E-state index is 0.865. The van der Waals surface area contributed by atoms with Crippen LogP contribution < -0.4 is 0 Å². The molecule has 0 spiro atoms. The molecule has 0 aliphatic heterocycles. The zero-order valence-corrected chi connectivity index (χ0v) is 13.9. The number of aromatic nitrogens is 2. The Kier molecular flexibility index (Phi) is 3.84. The summed E-state index contributed by atoms with van der Waals surface area (Å²) in [5, 5.41) is 5.89. The minimum Gasteiger partial charge on any atom is -0.399 e. The smallest absolute Gasteiger partial charge is 0.138 e. The molecule has 0 unspecified atom stereocenters. The van der Waals surface area contributed by atoms with Crippen molar-refractivity contribution in [1.29, 1.82) is 0 Å². The third kappa shape index (κ3) is 2.81. The summed E-state index contributed by atoms with van der Waals surface area (Å²) in [6.07, 6.45) is 1.68. The van der Waals surface area contributed by atoms with Crippen molar-refractivity contribution in [2.45, 2.75) is 0 Å². The van der Waals surface area contributed by atoms with Crippen molar-refractivity contribution in [2.75, 3.05) is 7.11 Å². The Hall–Kier alpha value is -2.92. The summed E-state index contributed by atoms with van der Waals surface area (Å²) in [6, 6.07) is 18.6. The number of thiophene rings is 1. The summed E-state index contributed by atoms with van der Waals surface area (Å²) in [7, 11) is 1.53. The van der Waals surface area contributed by atoms with Gasteiger partial charge in [-0.3, -0.25) is 0 Å². The molecule has 0 bridgehead atoms. The summed E-state index contributed by atoms with van der Waals surface area (Å²) in [5.74, 6) is 0.865. The van der Waals surface area contributed by atoms with E-state index in [0.717, 1.165) is 28.0 Å². The molecule has 0 aliphatic rings. The van der Waals surface area contributed by atoms with Crippen molar-refractivity contribution in [3.05, 3.63) is 65.5 Å². The van der Waals surface area contributed by atoms with Crippen molar-refractivity contribution < 1.29 is 4.84 Å². The lowest BCUT2D eigenvalue weighted by Gasteiger charge is -2.01. The molecular formula is C19H15N3OS. The Morgan fingerprint density at radius 1 is 1.08 bits per heavy atom. The highest BCUT2D eigenvalue weighted by Gasteiger charge is 2.07. The molecule has 0 fully saturated rings. The topological polar surface area (TPSA) is 50.3 Å². The molecular weight excluding hydrogens is 318 g/mol. The fourth-order valence-electron chi connectivity index (χ4n) is 2.62. The Labute approximate surface area is 143 Å². The molecule has 24 heavy (non-hydrogen) atoms. The van der Waals surface area contributed by atoms with Crippen LogP contribution in [0.1, 0.15) is 5.56 Å². The predicted octanol–water partition coefficient (Wildman–Crippen LogP) is 4.94. The Morgan fingerprint density at radius 2 is 2.00 bits per heavy atom. The van der Waals surface area contributed by atoms with E-state index in [4.69, 9.17) is 9.82 Å². The lowest BCUT2D eigenvalue weighted by atomic mass is 10.1. The van der Waals surface area contributed by atoms with Crippen LogP contribution in [0.3, 0.4) is 0 Å². The average Bonchev–Trinajstić information content (AvgIpc) is 3.29. The highest BCUT2D eigenvalue weighted by atomic mass is 32.1. The molecule has 0 aliphatic carbocycles. The van der Waals surface area contributed by atoms with Crippen LogP contribution in [0.5, 0.6) is 0 Å². The van der Waals surface area contributed by atoms with Gasteiger partial charge in [-0.05, 0) is 40.8 Å². The van der Waals surface area contributed by atoms with Gasteiger partial charge in [-0.2, -0.15) is 0 Å². The van der Waals surface area contributed by atoms with Gasteiger partial charge in [-0.15, -0.1) is 11.3 Å². The molecule has 4 nitrogen and oxygen atoms in total. The lowest BCUT2D eigenvalue weighted by Crippen LogP contribution is -1.82. The molecule has 5 heteroatoms. The normalized spacial score (nSPS) is 11.4. The molecule has 2 aromatic carbocycles. The summed E-state index contributed by atoms with van der Waals surface area (Å²) < 4.78 is 0. The summed E-state index contributed by atoms with van der Waals surface area (Å²) >= 11 is 1.74. The first-order valence-corrected chi connectivity index (χ1v) is 8.42. The number of fused-ring (bicyclic) bond motifs is 1. The molecule has 2 heterocycles. The van der Waals surface area contributed by atoms with E-state index in [1.807, 2.05) is 18.2 Å². The van der Waals surface area contributed by atoms with Crippen molar-refractivity contribution in [3.8, 4) is 21.8 Å². The first-order valence-electron chi connectivity index (χ1n) is 7.54. The molecule has 4 aromatic rings. The van der Waals surface area contributed by atoms with Crippen molar-refractivity contribution >= 4 is 28.6 Å². The van der Waals surface area contributed by atoms with Gasteiger partial charge < -0.3 is 9.82 Å². The minimum absolute atomic E-state index is 0.865. The van der Waals surface area contributed by atoms with Gasteiger partial charge in [0.15, 0.2) is 0 Å². The first kappa shape index (κ1) is 14.7. The zero-order valence-electron chi connectivity index (χ0n) is 13.1. The number of rotatable bonds is 4. The highest BCUT2D eigenvalue weighted by molar-refractivity contribution is 7.13. The molecule has 118 valence electrons. The molecule has 0 amide bonds. The second kappa shape index (κ2) is 6.29. The first-order chi connectivity index (χ1) is 11.8. The monoisotopic (exact) mass is 333 g/mol. The number of nitrogens with zero attached hydrogens (tertiary/aromatic N) is 2. The SMILES string of the molecule is CON=Cc1ccc2nc(-c3cccc(-c4cccs4)c3)[nH]c2c1. The van der Waals surface area contributed by atoms with Gasteiger partial charge in [0.1, 0.15) is 12.9 Å².